The molecule has 17 heavy (non-hydrogen) atoms. The van der Waals surface area contributed by atoms with Crippen LogP contribution >= 0.6 is 0 Å². The number of rotatable bonds is 2. The van der Waals surface area contributed by atoms with Crippen LogP contribution in [0.4, 0.5) is 0 Å². The van der Waals surface area contributed by atoms with Crippen molar-refractivity contribution in [1.82, 2.24) is 0 Å². The summed E-state index contributed by atoms with van der Waals surface area (Å²) in [5.41, 5.74) is -0.251. The second kappa shape index (κ2) is 4.90. The van der Waals surface area contributed by atoms with Crippen LogP contribution in [0.2, 0.25) is 0 Å². The van der Waals surface area contributed by atoms with Crippen molar-refractivity contribution in [3.05, 3.63) is 25.3 Å². The molecule has 0 radical (unpaired) electrons. The van der Waals surface area contributed by atoms with Crippen molar-refractivity contribution in [3.8, 4) is 0 Å². The van der Waals surface area contributed by atoms with Crippen molar-refractivity contribution in [3.63, 3.8) is 0 Å². The van der Waals surface area contributed by atoms with E-state index >= 15 is 0 Å². The Hall–Kier alpha value is -0.680. The lowest BCUT2D eigenvalue weighted by Crippen LogP contribution is -2.60. The van der Waals surface area contributed by atoms with E-state index in [-0.39, 0.29) is 30.2 Å². The van der Waals surface area contributed by atoms with E-state index in [1.54, 1.807) is 12.2 Å². The summed E-state index contributed by atoms with van der Waals surface area (Å²) in [6.45, 7) is 12.5. The fraction of sp³-hybridized carbons (Fsp3) is 0.692. The molecule has 1 spiro atoms. The molecular weight excluding hydrogens is 220 g/mol. The average Bonchev–Trinajstić information content (AvgIpc) is 2.35. The highest BCUT2D eigenvalue weighted by molar-refractivity contribution is 4.98. The van der Waals surface area contributed by atoms with Crippen molar-refractivity contribution in [2.75, 3.05) is 13.2 Å². The molecule has 2 aliphatic heterocycles. The maximum absolute atomic E-state index is 5.74. The first kappa shape index (κ1) is 12.8. The monoisotopic (exact) mass is 240 g/mol. The van der Waals surface area contributed by atoms with Crippen LogP contribution in [0.5, 0.6) is 0 Å². The van der Waals surface area contributed by atoms with Gasteiger partial charge in [-0.2, -0.15) is 0 Å². The maximum Gasteiger partial charge on any atom is 0.176 e. The van der Waals surface area contributed by atoms with Crippen LogP contribution < -0.4 is 0 Å². The van der Waals surface area contributed by atoms with Crippen molar-refractivity contribution < 1.29 is 18.9 Å². The van der Waals surface area contributed by atoms with E-state index in [0.29, 0.717) is 13.2 Å². The highest BCUT2D eigenvalue weighted by Gasteiger charge is 2.50. The lowest BCUT2D eigenvalue weighted by molar-refractivity contribution is -0.328. The normalized spacial score (nSPS) is 46.7. The minimum absolute atomic E-state index is 0.0000142. The third kappa shape index (κ3) is 2.18. The summed E-state index contributed by atoms with van der Waals surface area (Å²) in [4.78, 5) is 0. The van der Waals surface area contributed by atoms with Gasteiger partial charge in [0.1, 0.15) is 0 Å². The largest absolute Gasteiger partial charge is 0.348 e. The molecule has 0 aromatic heterocycles. The Balaban J connectivity index is 2.09. The van der Waals surface area contributed by atoms with Gasteiger partial charge in [0.2, 0.25) is 0 Å². The quantitative estimate of drug-likeness (QED) is 0.690. The number of hydrogen-bond acceptors (Lipinski definition) is 4. The summed E-state index contributed by atoms with van der Waals surface area (Å²) in [6.07, 6.45) is 2.65. The zero-order valence-electron chi connectivity index (χ0n) is 10.4. The van der Waals surface area contributed by atoms with E-state index in [1.165, 1.54) is 0 Å². The molecule has 0 amide bonds. The van der Waals surface area contributed by atoms with Crippen molar-refractivity contribution >= 4 is 0 Å². The van der Waals surface area contributed by atoms with Crippen LogP contribution in [0.25, 0.3) is 0 Å². The van der Waals surface area contributed by atoms with E-state index in [9.17, 15) is 0 Å². The smallest absolute Gasteiger partial charge is 0.176 e. The molecular formula is C13H20O4. The van der Waals surface area contributed by atoms with Gasteiger partial charge in [-0.3, -0.25) is 0 Å². The third-order valence-corrected chi connectivity index (χ3v) is 3.71. The van der Waals surface area contributed by atoms with E-state index in [4.69, 9.17) is 18.9 Å². The van der Waals surface area contributed by atoms with Gasteiger partial charge in [0, 0.05) is 0 Å². The summed E-state index contributed by atoms with van der Waals surface area (Å²) in [5, 5.41) is 0. The molecule has 4 nitrogen and oxygen atoms in total. The van der Waals surface area contributed by atoms with Gasteiger partial charge in [-0.15, -0.1) is 0 Å². The summed E-state index contributed by atoms with van der Waals surface area (Å²) in [5.74, 6) is 0. The minimum Gasteiger partial charge on any atom is -0.348 e. The van der Waals surface area contributed by atoms with Crippen LogP contribution in [0.3, 0.4) is 0 Å². The Kier molecular flexibility index (Phi) is 3.68. The molecule has 0 aliphatic carbocycles. The molecule has 0 bridgehead atoms. The Labute approximate surface area is 102 Å². The molecule has 4 unspecified atom stereocenters. The van der Waals surface area contributed by atoms with Crippen molar-refractivity contribution in [2.45, 2.75) is 38.6 Å². The van der Waals surface area contributed by atoms with Gasteiger partial charge >= 0.3 is 0 Å². The fourth-order valence-corrected chi connectivity index (χ4v) is 2.32. The standard InChI is InChI=1S/C13H20O4/c1-5-11-14-7-13(9(3)16-11)8-15-12(6-2)17-10(13)4/h5-6,9-12H,1-2,7-8H2,3-4H3. The molecule has 0 aromatic carbocycles. The molecule has 4 heteroatoms. The van der Waals surface area contributed by atoms with Crippen molar-refractivity contribution in [2.24, 2.45) is 5.41 Å². The van der Waals surface area contributed by atoms with Gasteiger partial charge in [0.25, 0.3) is 0 Å². The van der Waals surface area contributed by atoms with E-state index in [0.717, 1.165) is 0 Å². The van der Waals surface area contributed by atoms with Gasteiger partial charge in [0.05, 0.1) is 30.8 Å². The van der Waals surface area contributed by atoms with Gasteiger partial charge in [-0.25, -0.2) is 0 Å². The Morgan fingerprint density at radius 1 is 0.941 bits per heavy atom. The predicted molar refractivity (Wildman–Crippen MR) is 63.4 cm³/mol. The Bertz CT molecular complexity index is 272. The molecule has 0 N–H and O–H groups in total. The zero-order chi connectivity index (χ0) is 12.5. The third-order valence-electron chi connectivity index (χ3n) is 3.71. The predicted octanol–water partition coefficient (Wildman–Crippen LogP) is 1.87. The first-order chi connectivity index (χ1) is 8.12. The summed E-state index contributed by atoms with van der Waals surface area (Å²) >= 11 is 0. The molecule has 2 saturated heterocycles. The average molecular weight is 240 g/mol. The second-order valence-electron chi connectivity index (χ2n) is 4.62. The number of hydrogen-bond donors (Lipinski definition) is 0. The highest BCUT2D eigenvalue weighted by atomic mass is 16.7. The molecule has 96 valence electrons. The minimum atomic E-state index is -0.333. The van der Waals surface area contributed by atoms with Gasteiger partial charge < -0.3 is 18.9 Å². The van der Waals surface area contributed by atoms with Gasteiger partial charge in [0.15, 0.2) is 12.6 Å². The fourth-order valence-electron chi connectivity index (χ4n) is 2.32. The summed E-state index contributed by atoms with van der Waals surface area (Å²) in [6, 6.07) is 0. The molecule has 2 rings (SSSR count). The topological polar surface area (TPSA) is 36.9 Å². The Morgan fingerprint density at radius 3 is 1.65 bits per heavy atom. The van der Waals surface area contributed by atoms with Crippen LogP contribution in [0, 0.1) is 5.41 Å². The molecule has 4 atom stereocenters. The van der Waals surface area contributed by atoms with Crippen molar-refractivity contribution in [1.29, 1.82) is 0 Å². The van der Waals surface area contributed by atoms with Crippen LogP contribution in [0.1, 0.15) is 13.8 Å². The van der Waals surface area contributed by atoms with Crippen LogP contribution in [0.15, 0.2) is 25.3 Å². The molecule has 0 saturated carbocycles. The first-order valence-electron chi connectivity index (χ1n) is 5.91. The lowest BCUT2D eigenvalue weighted by Gasteiger charge is -2.50. The zero-order valence-corrected chi connectivity index (χ0v) is 10.4. The van der Waals surface area contributed by atoms with E-state index in [2.05, 4.69) is 13.2 Å². The van der Waals surface area contributed by atoms with Gasteiger partial charge in [-0.1, -0.05) is 13.2 Å². The molecule has 2 heterocycles. The second-order valence-corrected chi connectivity index (χ2v) is 4.62. The summed E-state index contributed by atoms with van der Waals surface area (Å²) in [7, 11) is 0. The molecule has 2 fully saturated rings. The SMILES string of the molecule is C=CC1OCC2(COC(C=C)OC2C)C(C)O1. The molecule has 2 aliphatic rings. The first-order valence-corrected chi connectivity index (χ1v) is 5.91. The van der Waals surface area contributed by atoms with Gasteiger partial charge in [-0.05, 0) is 26.0 Å². The summed E-state index contributed by atoms with van der Waals surface area (Å²) < 4.78 is 22.7. The Morgan fingerprint density at radius 2 is 1.35 bits per heavy atom. The highest BCUT2D eigenvalue weighted by Crippen LogP contribution is 2.40. The lowest BCUT2D eigenvalue weighted by atomic mass is 9.78. The van der Waals surface area contributed by atoms with Crippen LogP contribution in [-0.4, -0.2) is 38.0 Å². The molecule has 0 aromatic rings. The number of ether oxygens (including phenoxy) is 4. The van der Waals surface area contributed by atoms with E-state index in [1.807, 2.05) is 13.8 Å². The maximum atomic E-state index is 5.74. The van der Waals surface area contributed by atoms with Crippen LogP contribution in [-0.2, 0) is 18.9 Å². The van der Waals surface area contributed by atoms with E-state index < -0.39 is 0 Å².